The summed E-state index contributed by atoms with van der Waals surface area (Å²) in [7, 11) is 0. The molecule has 0 bridgehead atoms. The van der Waals surface area contributed by atoms with Crippen molar-refractivity contribution < 1.29 is 9.18 Å². The molecule has 0 saturated heterocycles. The summed E-state index contributed by atoms with van der Waals surface area (Å²) in [6, 6.07) is 9.56. The van der Waals surface area contributed by atoms with Gasteiger partial charge in [-0.25, -0.2) is 4.39 Å². The van der Waals surface area contributed by atoms with E-state index in [1.807, 2.05) is 12.1 Å². The molecule has 0 unspecified atom stereocenters. The fourth-order valence-electron chi connectivity index (χ4n) is 1.62. The normalized spacial score (nSPS) is 10.3. The van der Waals surface area contributed by atoms with Crippen molar-refractivity contribution in [2.45, 2.75) is 6.92 Å². The zero-order chi connectivity index (χ0) is 14.0. The molecule has 2 aromatic carbocycles. The smallest absolute Gasteiger partial charge is 0.256 e. The van der Waals surface area contributed by atoms with Gasteiger partial charge in [-0.15, -0.1) is 0 Å². The second-order valence-electron chi connectivity index (χ2n) is 4.04. The topological polar surface area (TPSA) is 29.1 Å². The number of amides is 1. The van der Waals surface area contributed by atoms with Gasteiger partial charge in [-0.05, 0) is 58.7 Å². The number of aryl methyl sites for hydroxylation is 1. The van der Waals surface area contributed by atoms with E-state index in [0.29, 0.717) is 11.3 Å². The third-order valence-electron chi connectivity index (χ3n) is 2.62. The Kier molecular flexibility index (Phi) is 4.37. The maximum atomic E-state index is 13.2. The molecule has 19 heavy (non-hydrogen) atoms. The van der Waals surface area contributed by atoms with Crippen LogP contribution >= 0.6 is 31.9 Å². The van der Waals surface area contributed by atoms with Gasteiger partial charge >= 0.3 is 0 Å². The fraction of sp³-hybridized carbons (Fsp3) is 0.0714. The summed E-state index contributed by atoms with van der Waals surface area (Å²) in [5.41, 5.74) is 1.69. The SMILES string of the molecule is Cc1ccc(F)cc1C(=O)Nc1ccc(Br)cc1Br. The Morgan fingerprint density at radius 1 is 1.16 bits per heavy atom. The molecule has 0 spiro atoms. The Hall–Kier alpha value is -1.20. The molecule has 2 rings (SSSR count). The van der Waals surface area contributed by atoms with Crippen LogP contribution in [-0.2, 0) is 0 Å². The van der Waals surface area contributed by atoms with Gasteiger partial charge in [-0.2, -0.15) is 0 Å². The molecule has 2 aromatic rings. The van der Waals surface area contributed by atoms with Crippen molar-refractivity contribution in [3.8, 4) is 0 Å². The van der Waals surface area contributed by atoms with E-state index in [1.54, 1.807) is 19.1 Å². The van der Waals surface area contributed by atoms with Crippen molar-refractivity contribution in [2.24, 2.45) is 0 Å². The van der Waals surface area contributed by atoms with E-state index in [2.05, 4.69) is 37.2 Å². The van der Waals surface area contributed by atoms with Gasteiger partial charge in [-0.3, -0.25) is 4.79 Å². The number of halogens is 3. The number of carbonyl (C=O) groups excluding carboxylic acids is 1. The minimum absolute atomic E-state index is 0.329. The lowest BCUT2D eigenvalue weighted by Gasteiger charge is -2.09. The lowest BCUT2D eigenvalue weighted by molar-refractivity contribution is 0.102. The van der Waals surface area contributed by atoms with Crippen LogP contribution in [0.3, 0.4) is 0 Å². The third-order valence-corrected chi connectivity index (χ3v) is 3.77. The van der Waals surface area contributed by atoms with Crippen molar-refractivity contribution in [3.63, 3.8) is 0 Å². The Morgan fingerprint density at radius 2 is 1.89 bits per heavy atom. The Labute approximate surface area is 127 Å². The second-order valence-corrected chi connectivity index (χ2v) is 5.81. The molecule has 0 aliphatic rings. The molecule has 0 saturated carbocycles. The van der Waals surface area contributed by atoms with Crippen LogP contribution in [0.1, 0.15) is 15.9 Å². The molecule has 98 valence electrons. The van der Waals surface area contributed by atoms with Gasteiger partial charge < -0.3 is 5.32 Å². The summed E-state index contributed by atoms with van der Waals surface area (Å²) in [6.45, 7) is 1.77. The van der Waals surface area contributed by atoms with E-state index in [9.17, 15) is 9.18 Å². The predicted molar refractivity (Wildman–Crippen MR) is 80.9 cm³/mol. The summed E-state index contributed by atoms with van der Waals surface area (Å²) in [4.78, 5) is 12.1. The molecule has 0 fully saturated rings. The van der Waals surface area contributed by atoms with E-state index in [1.165, 1.54) is 12.1 Å². The van der Waals surface area contributed by atoms with Crippen molar-refractivity contribution >= 4 is 43.5 Å². The molecule has 0 heterocycles. The van der Waals surface area contributed by atoms with Gasteiger partial charge in [0.2, 0.25) is 0 Å². The zero-order valence-corrected chi connectivity index (χ0v) is 13.2. The van der Waals surface area contributed by atoms with Crippen molar-refractivity contribution in [3.05, 3.63) is 62.3 Å². The molecule has 1 amide bonds. The largest absolute Gasteiger partial charge is 0.321 e. The zero-order valence-electron chi connectivity index (χ0n) is 10.0. The number of anilines is 1. The van der Waals surface area contributed by atoms with Gasteiger partial charge in [-0.1, -0.05) is 22.0 Å². The molecule has 0 aliphatic carbocycles. The molecular weight excluding hydrogens is 377 g/mol. The van der Waals surface area contributed by atoms with E-state index in [0.717, 1.165) is 14.5 Å². The highest BCUT2D eigenvalue weighted by Gasteiger charge is 2.12. The van der Waals surface area contributed by atoms with E-state index in [4.69, 9.17) is 0 Å². The standard InChI is InChI=1S/C14H10Br2FNO/c1-8-2-4-10(17)7-11(8)14(19)18-13-5-3-9(15)6-12(13)16/h2-7H,1H3,(H,18,19). The summed E-state index contributed by atoms with van der Waals surface area (Å²) < 4.78 is 14.8. The van der Waals surface area contributed by atoms with Crippen LogP contribution in [0.25, 0.3) is 0 Å². The molecule has 0 radical (unpaired) electrons. The van der Waals surface area contributed by atoms with Gasteiger partial charge in [0.15, 0.2) is 0 Å². The van der Waals surface area contributed by atoms with Crippen LogP contribution in [-0.4, -0.2) is 5.91 Å². The Balaban J connectivity index is 2.28. The van der Waals surface area contributed by atoms with E-state index < -0.39 is 5.82 Å². The first-order valence-electron chi connectivity index (χ1n) is 5.50. The number of rotatable bonds is 2. The first kappa shape index (κ1) is 14.2. The van der Waals surface area contributed by atoms with Crippen molar-refractivity contribution in [1.29, 1.82) is 0 Å². The van der Waals surface area contributed by atoms with Crippen LogP contribution < -0.4 is 5.32 Å². The highest BCUT2D eigenvalue weighted by molar-refractivity contribution is 9.11. The minimum Gasteiger partial charge on any atom is -0.321 e. The lowest BCUT2D eigenvalue weighted by atomic mass is 10.1. The van der Waals surface area contributed by atoms with Gasteiger partial charge in [0.25, 0.3) is 5.91 Å². The molecule has 2 nitrogen and oxygen atoms in total. The average Bonchev–Trinajstić information content (AvgIpc) is 2.35. The summed E-state index contributed by atoms with van der Waals surface area (Å²) >= 11 is 6.70. The molecule has 0 aliphatic heterocycles. The Bertz CT molecular complexity index is 643. The number of carbonyl (C=O) groups is 1. The first-order chi connectivity index (χ1) is 8.97. The fourth-order valence-corrected chi connectivity index (χ4v) is 2.77. The van der Waals surface area contributed by atoms with Crippen LogP contribution in [0.2, 0.25) is 0 Å². The van der Waals surface area contributed by atoms with Gasteiger partial charge in [0.05, 0.1) is 5.69 Å². The average molecular weight is 387 g/mol. The molecular formula is C14H10Br2FNO. The van der Waals surface area contributed by atoms with Gasteiger partial charge in [0.1, 0.15) is 5.82 Å². The Morgan fingerprint density at radius 3 is 2.58 bits per heavy atom. The highest BCUT2D eigenvalue weighted by Crippen LogP contribution is 2.26. The van der Waals surface area contributed by atoms with Gasteiger partial charge in [0, 0.05) is 14.5 Å². The lowest BCUT2D eigenvalue weighted by Crippen LogP contribution is -2.14. The second kappa shape index (κ2) is 5.84. The summed E-state index contributed by atoms with van der Waals surface area (Å²) in [6.07, 6.45) is 0. The summed E-state index contributed by atoms with van der Waals surface area (Å²) in [5, 5.41) is 2.75. The third kappa shape index (κ3) is 3.42. The monoisotopic (exact) mass is 385 g/mol. The molecule has 0 aromatic heterocycles. The van der Waals surface area contributed by atoms with Crippen LogP contribution in [0, 0.1) is 12.7 Å². The predicted octanol–water partition coefficient (Wildman–Crippen LogP) is 4.91. The first-order valence-corrected chi connectivity index (χ1v) is 7.08. The minimum atomic E-state index is -0.425. The number of hydrogen-bond donors (Lipinski definition) is 1. The van der Waals surface area contributed by atoms with Crippen molar-refractivity contribution in [1.82, 2.24) is 0 Å². The number of benzene rings is 2. The maximum absolute atomic E-state index is 13.2. The van der Waals surface area contributed by atoms with Crippen LogP contribution in [0.4, 0.5) is 10.1 Å². The molecule has 1 N–H and O–H groups in total. The van der Waals surface area contributed by atoms with Crippen molar-refractivity contribution in [2.75, 3.05) is 5.32 Å². The number of nitrogens with one attached hydrogen (secondary N) is 1. The summed E-state index contributed by atoms with van der Waals surface area (Å²) in [5.74, 6) is -0.759. The molecule has 0 atom stereocenters. The van der Waals surface area contributed by atoms with Crippen LogP contribution in [0.5, 0.6) is 0 Å². The highest BCUT2D eigenvalue weighted by atomic mass is 79.9. The maximum Gasteiger partial charge on any atom is 0.256 e. The van der Waals surface area contributed by atoms with E-state index in [-0.39, 0.29) is 5.91 Å². The number of hydrogen-bond acceptors (Lipinski definition) is 1. The van der Waals surface area contributed by atoms with E-state index >= 15 is 0 Å². The van der Waals surface area contributed by atoms with Crippen LogP contribution in [0.15, 0.2) is 45.3 Å². The molecule has 5 heteroatoms. The quantitative estimate of drug-likeness (QED) is 0.780.